The van der Waals surface area contributed by atoms with Gasteiger partial charge in [0.15, 0.2) is 16.6 Å². The number of aliphatic hydroxyl groups excluding tert-OH is 1. The summed E-state index contributed by atoms with van der Waals surface area (Å²) in [6, 6.07) is 10.4. The van der Waals surface area contributed by atoms with Crippen LogP contribution >= 0.6 is 11.3 Å². The van der Waals surface area contributed by atoms with Crippen LogP contribution in [0.3, 0.4) is 0 Å². The van der Waals surface area contributed by atoms with Crippen molar-refractivity contribution in [3.63, 3.8) is 0 Å². The number of Topliss-reactive ketones (excluding diaryl/α,β-unsaturated/α-hetero) is 1. The van der Waals surface area contributed by atoms with E-state index in [1.807, 2.05) is 6.92 Å². The van der Waals surface area contributed by atoms with Crippen molar-refractivity contribution in [3.05, 3.63) is 82.4 Å². The molecule has 2 aromatic carbocycles. The highest BCUT2D eigenvalue weighted by atomic mass is 32.1. The third-order valence-corrected chi connectivity index (χ3v) is 7.23. The topological polar surface area (TPSA) is 124 Å². The molecule has 0 saturated carbocycles. The predicted molar refractivity (Wildman–Crippen MR) is 149 cm³/mol. The molecule has 0 spiro atoms. The Morgan fingerprint density at radius 2 is 1.90 bits per heavy atom. The lowest BCUT2D eigenvalue weighted by atomic mass is 9.95. The van der Waals surface area contributed by atoms with Gasteiger partial charge in [-0.1, -0.05) is 42.2 Å². The number of aromatic nitrogens is 1. The largest absolute Gasteiger partial charge is 0.507 e. The molecule has 1 aromatic heterocycles. The highest BCUT2D eigenvalue weighted by molar-refractivity contribution is 7.17. The van der Waals surface area contributed by atoms with E-state index in [0.717, 1.165) is 11.3 Å². The lowest BCUT2D eigenvalue weighted by molar-refractivity contribution is -0.132. The maximum atomic E-state index is 13.5. The summed E-state index contributed by atoms with van der Waals surface area (Å²) in [6.07, 6.45) is 1.44. The first-order valence-electron chi connectivity index (χ1n) is 12.3. The Bertz CT molecular complexity index is 1510. The fourth-order valence-electron chi connectivity index (χ4n) is 4.30. The van der Waals surface area contributed by atoms with Gasteiger partial charge in [-0.3, -0.25) is 14.5 Å². The second-order valence-corrected chi connectivity index (χ2v) is 9.52. The number of methoxy groups -OCH3 is 2. The van der Waals surface area contributed by atoms with Crippen LogP contribution in [-0.4, -0.2) is 55.2 Å². The van der Waals surface area contributed by atoms with Crippen molar-refractivity contribution in [2.75, 3.05) is 32.3 Å². The number of carbonyl (C=O) groups is 3. The molecule has 1 fully saturated rings. The lowest BCUT2D eigenvalue weighted by Gasteiger charge is -2.24. The zero-order chi connectivity index (χ0) is 29.0. The van der Waals surface area contributed by atoms with Gasteiger partial charge in [-0.05, 0) is 43.7 Å². The van der Waals surface area contributed by atoms with Gasteiger partial charge in [0.2, 0.25) is 0 Å². The van der Waals surface area contributed by atoms with Crippen molar-refractivity contribution in [3.8, 4) is 17.2 Å². The van der Waals surface area contributed by atoms with Crippen LogP contribution in [0.2, 0.25) is 0 Å². The summed E-state index contributed by atoms with van der Waals surface area (Å²) in [6.45, 7) is 7.37. The van der Waals surface area contributed by atoms with E-state index in [-0.39, 0.29) is 27.9 Å². The minimum atomic E-state index is -1.10. The van der Waals surface area contributed by atoms with Crippen LogP contribution < -0.4 is 19.1 Å². The van der Waals surface area contributed by atoms with Crippen molar-refractivity contribution in [1.82, 2.24) is 4.98 Å². The van der Waals surface area contributed by atoms with Gasteiger partial charge in [0.05, 0.1) is 38.1 Å². The number of anilines is 1. The molecule has 2 heterocycles. The predicted octanol–water partition coefficient (Wildman–Crippen LogP) is 4.84. The number of thiazole rings is 1. The van der Waals surface area contributed by atoms with Crippen LogP contribution in [0, 0.1) is 6.92 Å². The van der Waals surface area contributed by atoms with E-state index in [0.29, 0.717) is 40.7 Å². The molecule has 1 atom stereocenters. The lowest BCUT2D eigenvalue weighted by Crippen LogP contribution is -2.29. The van der Waals surface area contributed by atoms with Crippen molar-refractivity contribution in [1.29, 1.82) is 0 Å². The molecule has 0 aliphatic carbocycles. The first-order valence-corrected chi connectivity index (χ1v) is 13.1. The zero-order valence-electron chi connectivity index (χ0n) is 22.4. The maximum absolute atomic E-state index is 13.5. The van der Waals surface area contributed by atoms with Crippen LogP contribution in [0.1, 0.15) is 39.5 Å². The number of rotatable bonds is 10. The van der Waals surface area contributed by atoms with E-state index < -0.39 is 23.7 Å². The molecule has 10 nitrogen and oxygen atoms in total. The molecular weight excluding hydrogens is 536 g/mol. The van der Waals surface area contributed by atoms with E-state index >= 15 is 0 Å². The quantitative estimate of drug-likeness (QED) is 0.121. The van der Waals surface area contributed by atoms with Crippen molar-refractivity contribution < 1.29 is 38.4 Å². The first kappa shape index (κ1) is 28.4. The smallest absolute Gasteiger partial charge is 0.350 e. The second-order valence-electron chi connectivity index (χ2n) is 8.54. The second kappa shape index (κ2) is 12.0. The highest BCUT2D eigenvalue weighted by Crippen LogP contribution is 2.45. The van der Waals surface area contributed by atoms with Crippen LogP contribution in [0.15, 0.2) is 60.7 Å². The number of ketones is 1. The maximum Gasteiger partial charge on any atom is 0.350 e. The van der Waals surface area contributed by atoms with E-state index in [4.69, 9.17) is 18.9 Å². The first-order chi connectivity index (χ1) is 19.2. The fraction of sp³-hybridized carbons (Fsp3) is 0.241. The number of aryl methyl sites for hydroxylation is 1. The minimum Gasteiger partial charge on any atom is -0.507 e. The number of hydrogen-bond donors (Lipinski definition) is 1. The Hall–Kier alpha value is -4.64. The molecule has 1 aliphatic rings. The SMILES string of the molecule is C=CCOC(=O)c1sc(N2C(=O)C(=O)/C(=C(/O)c3cccc(OCC)c3)C2c2ccc(OC)c(OC)c2)nc1C. The number of esters is 1. The third-order valence-electron chi connectivity index (χ3n) is 6.10. The molecule has 1 N–H and O–H groups in total. The summed E-state index contributed by atoms with van der Waals surface area (Å²) < 4.78 is 21.5. The van der Waals surface area contributed by atoms with Gasteiger partial charge in [0, 0.05) is 5.56 Å². The third kappa shape index (κ3) is 5.28. The van der Waals surface area contributed by atoms with E-state index in [1.165, 1.54) is 25.2 Å². The molecule has 4 rings (SSSR count). The average molecular weight is 565 g/mol. The van der Waals surface area contributed by atoms with Crippen molar-refractivity contribution in [2.45, 2.75) is 19.9 Å². The molecule has 1 unspecified atom stereocenters. The Balaban J connectivity index is 1.92. The molecule has 208 valence electrons. The summed E-state index contributed by atoms with van der Waals surface area (Å²) >= 11 is 0.908. The van der Waals surface area contributed by atoms with Crippen LogP contribution in [0.5, 0.6) is 17.2 Å². The summed E-state index contributed by atoms with van der Waals surface area (Å²) in [5, 5.41) is 11.5. The van der Waals surface area contributed by atoms with Crippen LogP contribution in [-0.2, 0) is 14.3 Å². The number of benzene rings is 2. The van der Waals surface area contributed by atoms with Gasteiger partial charge in [-0.25, -0.2) is 9.78 Å². The van der Waals surface area contributed by atoms with Gasteiger partial charge in [0.25, 0.3) is 5.78 Å². The monoisotopic (exact) mass is 564 g/mol. The Morgan fingerprint density at radius 3 is 2.58 bits per heavy atom. The van der Waals surface area contributed by atoms with E-state index in [9.17, 15) is 19.5 Å². The summed E-state index contributed by atoms with van der Waals surface area (Å²) in [4.78, 5) is 45.4. The van der Waals surface area contributed by atoms with E-state index in [2.05, 4.69) is 11.6 Å². The number of amides is 1. The van der Waals surface area contributed by atoms with Crippen molar-refractivity contribution >= 4 is 39.9 Å². The summed E-state index contributed by atoms with van der Waals surface area (Å²) in [5.41, 5.74) is 0.905. The molecule has 1 aliphatic heterocycles. The minimum absolute atomic E-state index is 0.00245. The number of hydrogen-bond acceptors (Lipinski definition) is 10. The Kier molecular flexibility index (Phi) is 8.54. The van der Waals surface area contributed by atoms with Crippen LogP contribution in [0.25, 0.3) is 5.76 Å². The summed E-state index contributed by atoms with van der Waals surface area (Å²) in [5.74, 6) is -1.57. The molecule has 1 saturated heterocycles. The van der Waals surface area contributed by atoms with Gasteiger partial charge in [-0.15, -0.1) is 0 Å². The number of ether oxygens (including phenoxy) is 4. The molecular formula is C29H28N2O8S. The normalized spacial score (nSPS) is 16.1. The highest BCUT2D eigenvalue weighted by Gasteiger charge is 2.48. The number of nitrogens with zero attached hydrogens (tertiary/aromatic N) is 2. The molecule has 3 aromatic rings. The molecule has 40 heavy (non-hydrogen) atoms. The zero-order valence-corrected chi connectivity index (χ0v) is 23.2. The number of aliphatic hydroxyl groups is 1. The van der Waals surface area contributed by atoms with Crippen LogP contribution in [0.4, 0.5) is 5.13 Å². The van der Waals surface area contributed by atoms with Gasteiger partial charge < -0.3 is 24.1 Å². The molecule has 0 radical (unpaired) electrons. The van der Waals surface area contributed by atoms with Gasteiger partial charge in [0.1, 0.15) is 23.0 Å². The van der Waals surface area contributed by atoms with Gasteiger partial charge >= 0.3 is 11.9 Å². The standard InChI is InChI=1S/C29H28N2O8S/c1-6-13-39-28(35)26-16(3)30-29(40-26)31-23(17-11-12-20(36-4)21(15-17)37-5)22(25(33)27(31)34)24(32)18-9-8-10-19(14-18)38-7-2/h6,8-12,14-15,23,32H,1,7,13H2,2-5H3/b24-22+. The fourth-order valence-corrected chi connectivity index (χ4v) is 5.29. The molecule has 11 heteroatoms. The number of carbonyl (C=O) groups excluding carboxylic acids is 3. The van der Waals surface area contributed by atoms with Gasteiger partial charge in [-0.2, -0.15) is 0 Å². The molecule has 0 bridgehead atoms. The van der Waals surface area contributed by atoms with E-state index in [1.54, 1.807) is 49.4 Å². The Morgan fingerprint density at radius 1 is 1.15 bits per heavy atom. The average Bonchev–Trinajstić information content (AvgIpc) is 3.47. The van der Waals surface area contributed by atoms with Crippen molar-refractivity contribution in [2.24, 2.45) is 0 Å². The Labute approximate surface area is 235 Å². The molecule has 1 amide bonds. The summed E-state index contributed by atoms with van der Waals surface area (Å²) in [7, 11) is 2.95.